The highest BCUT2D eigenvalue weighted by atomic mass is 16.4. The van der Waals surface area contributed by atoms with Crippen molar-refractivity contribution in [3.8, 4) is 0 Å². The van der Waals surface area contributed by atoms with Crippen LogP contribution in [0, 0.1) is 0 Å². The van der Waals surface area contributed by atoms with Crippen LogP contribution in [0.25, 0.3) is 0 Å². The quantitative estimate of drug-likeness (QED) is 0.446. The van der Waals surface area contributed by atoms with E-state index in [0.29, 0.717) is 6.42 Å². The summed E-state index contributed by atoms with van der Waals surface area (Å²) in [6.07, 6.45) is 10.7. The van der Waals surface area contributed by atoms with Crippen LogP contribution in [0.1, 0.15) is 58.3 Å². The van der Waals surface area contributed by atoms with Crippen molar-refractivity contribution in [3.63, 3.8) is 0 Å². The Morgan fingerprint density at radius 3 is 2.50 bits per heavy atom. The number of carbonyl (C=O) groups is 1. The second-order valence-electron chi connectivity index (χ2n) is 4.15. The Morgan fingerprint density at radius 1 is 1.19 bits per heavy atom. The topological polar surface area (TPSA) is 57.5 Å². The van der Waals surface area contributed by atoms with Gasteiger partial charge in [-0.15, -0.1) is 0 Å². The largest absolute Gasteiger partial charge is 0.481 e. The number of rotatable bonds is 10. The number of aliphatic hydroxyl groups is 1. The fourth-order valence-corrected chi connectivity index (χ4v) is 1.52. The van der Waals surface area contributed by atoms with Crippen molar-refractivity contribution in [2.24, 2.45) is 0 Å². The van der Waals surface area contributed by atoms with Gasteiger partial charge in [0.05, 0.1) is 12.5 Å². The molecule has 16 heavy (non-hydrogen) atoms. The highest BCUT2D eigenvalue weighted by molar-refractivity contribution is 5.67. The number of allylic oxidation sites excluding steroid dienone is 2. The first-order valence-electron chi connectivity index (χ1n) is 6.21. The van der Waals surface area contributed by atoms with E-state index in [1.807, 2.05) is 0 Å². The van der Waals surface area contributed by atoms with Crippen molar-refractivity contribution in [2.75, 3.05) is 0 Å². The molecule has 1 atom stereocenters. The predicted molar refractivity (Wildman–Crippen MR) is 65.4 cm³/mol. The van der Waals surface area contributed by atoms with Crippen LogP contribution < -0.4 is 0 Å². The molecule has 0 radical (unpaired) electrons. The van der Waals surface area contributed by atoms with E-state index >= 15 is 0 Å². The fraction of sp³-hybridized carbons (Fsp3) is 0.769. The van der Waals surface area contributed by atoms with Gasteiger partial charge in [-0.05, 0) is 25.7 Å². The number of carboxylic acid groups (broad SMARTS) is 1. The fourth-order valence-electron chi connectivity index (χ4n) is 1.52. The molecule has 0 spiro atoms. The van der Waals surface area contributed by atoms with Crippen LogP contribution in [0.2, 0.25) is 0 Å². The minimum atomic E-state index is -0.921. The van der Waals surface area contributed by atoms with E-state index in [-0.39, 0.29) is 6.42 Å². The summed E-state index contributed by atoms with van der Waals surface area (Å²) in [6.45, 7) is 2.16. The smallest absolute Gasteiger partial charge is 0.305 e. The molecule has 0 amide bonds. The number of unbranched alkanes of at least 4 members (excludes halogenated alkanes) is 4. The molecular formula is C13H24O3. The molecule has 0 saturated carbocycles. The summed E-state index contributed by atoms with van der Waals surface area (Å²) < 4.78 is 0. The molecule has 0 fully saturated rings. The average Bonchev–Trinajstić information content (AvgIpc) is 2.21. The molecule has 0 bridgehead atoms. The van der Waals surface area contributed by atoms with Gasteiger partial charge in [-0.3, -0.25) is 4.79 Å². The third-order valence-electron chi connectivity index (χ3n) is 2.44. The molecule has 0 aromatic carbocycles. The second-order valence-corrected chi connectivity index (χ2v) is 4.15. The molecule has 94 valence electrons. The van der Waals surface area contributed by atoms with Crippen molar-refractivity contribution >= 4 is 5.97 Å². The lowest BCUT2D eigenvalue weighted by atomic mass is 10.1. The van der Waals surface area contributed by atoms with Crippen LogP contribution >= 0.6 is 0 Å². The first kappa shape index (κ1) is 15.2. The third-order valence-corrected chi connectivity index (χ3v) is 2.44. The van der Waals surface area contributed by atoms with Gasteiger partial charge in [0.25, 0.3) is 0 Å². The summed E-state index contributed by atoms with van der Waals surface area (Å²) in [7, 11) is 0. The van der Waals surface area contributed by atoms with Crippen molar-refractivity contribution in [1.82, 2.24) is 0 Å². The molecule has 1 unspecified atom stereocenters. The normalized spacial score (nSPS) is 13.1. The Bertz CT molecular complexity index is 199. The maximum atomic E-state index is 10.3. The Hall–Kier alpha value is -0.830. The van der Waals surface area contributed by atoms with Crippen LogP contribution in [-0.2, 0) is 4.79 Å². The van der Waals surface area contributed by atoms with E-state index in [2.05, 4.69) is 19.1 Å². The van der Waals surface area contributed by atoms with Gasteiger partial charge in [0.15, 0.2) is 0 Å². The minimum Gasteiger partial charge on any atom is -0.481 e. The Labute approximate surface area is 98.2 Å². The van der Waals surface area contributed by atoms with Crippen LogP contribution in [0.3, 0.4) is 0 Å². The Balaban J connectivity index is 3.23. The zero-order chi connectivity index (χ0) is 12.2. The summed E-state index contributed by atoms with van der Waals surface area (Å²) >= 11 is 0. The van der Waals surface area contributed by atoms with Crippen LogP contribution in [0.5, 0.6) is 0 Å². The first-order chi connectivity index (χ1) is 7.66. The molecule has 0 rings (SSSR count). The summed E-state index contributed by atoms with van der Waals surface area (Å²) in [6, 6.07) is 0. The molecule has 2 N–H and O–H groups in total. The first-order valence-corrected chi connectivity index (χ1v) is 6.21. The molecule has 3 nitrogen and oxygen atoms in total. The maximum Gasteiger partial charge on any atom is 0.305 e. The van der Waals surface area contributed by atoms with Crippen molar-refractivity contribution < 1.29 is 15.0 Å². The highest BCUT2D eigenvalue weighted by Crippen LogP contribution is 2.08. The van der Waals surface area contributed by atoms with Gasteiger partial charge < -0.3 is 10.2 Å². The lowest BCUT2D eigenvalue weighted by molar-refractivity contribution is -0.139. The number of aliphatic carboxylic acids is 1. The lowest BCUT2D eigenvalue weighted by Crippen LogP contribution is -2.12. The summed E-state index contributed by atoms with van der Waals surface area (Å²) in [4.78, 5) is 10.3. The molecule has 0 saturated heterocycles. The van der Waals surface area contributed by atoms with Gasteiger partial charge in [-0.1, -0.05) is 38.3 Å². The number of hydrogen-bond acceptors (Lipinski definition) is 2. The monoisotopic (exact) mass is 228 g/mol. The molecule has 0 aliphatic rings. The zero-order valence-corrected chi connectivity index (χ0v) is 10.2. The van der Waals surface area contributed by atoms with Crippen LogP contribution in [0.15, 0.2) is 12.2 Å². The number of carboxylic acids is 1. The predicted octanol–water partition coefficient (Wildman–Crippen LogP) is 3.13. The van der Waals surface area contributed by atoms with Gasteiger partial charge in [0, 0.05) is 0 Å². The number of aliphatic hydroxyl groups excluding tert-OH is 1. The summed E-state index contributed by atoms with van der Waals surface area (Å²) in [5, 5.41) is 17.7. The highest BCUT2D eigenvalue weighted by Gasteiger charge is 2.08. The molecular weight excluding hydrogens is 204 g/mol. The third kappa shape index (κ3) is 11.2. The van der Waals surface area contributed by atoms with E-state index in [0.717, 1.165) is 32.1 Å². The standard InChI is InChI=1S/C13H24O3/c1-2-3-4-5-6-7-8-9-10-12(14)11-13(15)16/h4-5,12,14H,2-3,6-11H2,1H3,(H,15,16)/b5-4-. The van der Waals surface area contributed by atoms with E-state index in [1.54, 1.807) is 0 Å². The maximum absolute atomic E-state index is 10.3. The molecule has 0 aromatic heterocycles. The minimum absolute atomic E-state index is 0.129. The summed E-state index contributed by atoms with van der Waals surface area (Å²) in [5.41, 5.74) is 0. The summed E-state index contributed by atoms with van der Waals surface area (Å²) in [5.74, 6) is -0.921. The van der Waals surface area contributed by atoms with Gasteiger partial charge >= 0.3 is 5.97 Å². The second kappa shape index (κ2) is 10.7. The van der Waals surface area contributed by atoms with E-state index < -0.39 is 12.1 Å². The van der Waals surface area contributed by atoms with Gasteiger partial charge in [0.2, 0.25) is 0 Å². The molecule has 0 heterocycles. The van der Waals surface area contributed by atoms with Gasteiger partial charge in [0.1, 0.15) is 0 Å². The SMILES string of the molecule is CCC/C=C\CCCCCC(O)CC(=O)O. The van der Waals surface area contributed by atoms with Crippen LogP contribution in [-0.4, -0.2) is 22.3 Å². The average molecular weight is 228 g/mol. The lowest BCUT2D eigenvalue weighted by Gasteiger charge is -2.06. The van der Waals surface area contributed by atoms with Gasteiger partial charge in [-0.2, -0.15) is 0 Å². The van der Waals surface area contributed by atoms with E-state index in [1.165, 1.54) is 6.42 Å². The van der Waals surface area contributed by atoms with Crippen LogP contribution in [0.4, 0.5) is 0 Å². The van der Waals surface area contributed by atoms with Crippen molar-refractivity contribution in [1.29, 1.82) is 0 Å². The molecule has 0 aliphatic heterocycles. The van der Waals surface area contributed by atoms with Gasteiger partial charge in [-0.25, -0.2) is 0 Å². The van der Waals surface area contributed by atoms with E-state index in [4.69, 9.17) is 5.11 Å². The van der Waals surface area contributed by atoms with Crippen molar-refractivity contribution in [3.05, 3.63) is 12.2 Å². The molecule has 3 heteroatoms. The Morgan fingerprint density at radius 2 is 1.88 bits per heavy atom. The molecule has 0 aromatic rings. The number of hydrogen-bond donors (Lipinski definition) is 2. The van der Waals surface area contributed by atoms with E-state index in [9.17, 15) is 9.90 Å². The van der Waals surface area contributed by atoms with Crippen molar-refractivity contribution in [2.45, 2.75) is 64.4 Å². The Kier molecular flexibility index (Phi) is 10.1. The zero-order valence-electron chi connectivity index (χ0n) is 10.2. The molecule has 0 aliphatic carbocycles.